The molecule has 0 N–H and O–H groups in total. The predicted octanol–water partition coefficient (Wildman–Crippen LogP) is 11.1. The van der Waals surface area contributed by atoms with Crippen molar-refractivity contribution in [2.24, 2.45) is 0 Å². The number of halogens is 2. The van der Waals surface area contributed by atoms with Crippen molar-refractivity contribution in [3.05, 3.63) is 209 Å². The van der Waals surface area contributed by atoms with Gasteiger partial charge in [0.05, 0.1) is 0 Å². The first-order valence-electron chi connectivity index (χ1n) is 15.4. The first kappa shape index (κ1) is 29.0. The van der Waals surface area contributed by atoms with E-state index in [1.165, 1.54) is 66.8 Å². The molecule has 0 aromatic heterocycles. The lowest BCUT2D eigenvalue weighted by Crippen LogP contribution is -2.01. The molecular formula is C42H34Br2. The molecule has 0 spiro atoms. The molecule has 216 valence electrons. The zero-order chi connectivity index (χ0) is 29.9. The summed E-state index contributed by atoms with van der Waals surface area (Å²) in [5, 5.41) is 0. The number of rotatable bonds is 4. The smallest absolute Gasteiger partial charge is 0.0175 e. The van der Waals surface area contributed by atoms with Crippen LogP contribution in [-0.2, 0) is 38.5 Å². The molecule has 0 radical (unpaired) electrons. The van der Waals surface area contributed by atoms with Crippen LogP contribution in [0.4, 0.5) is 0 Å². The molecule has 0 heterocycles. The highest BCUT2D eigenvalue weighted by Crippen LogP contribution is 2.25. The predicted molar refractivity (Wildman–Crippen MR) is 191 cm³/mol. The molecule has 6 aromatic carbocycles. The minimum Gasteiger partial charge on any atom is -0.0617 e. The standard InChI is InChI=1S/C42H34Br2/c43-41-11-7-29(8-12-41)15-35-23-37-19-31-3-1-4-32(17-31)20-38-24-36(16-30-9-13-42(44)14-10-30)26-40(28-38)22-34-6-2-5-33(18-34)21-39(25-35)27-37/h1-14,17-18,23-28H,15-16,19-22H2. The Morgan fingerprint density at radius 2 is 0.614 bits per heavy atom. The second-order valence-electron chi connectivity index (χ2n) is 12.3. The molecule has 1 aliphatic rings. The average Bonchev–Trinajstić information content (AvgIpc) is 2.99. The van der Waals surface area contributed by atoms with Gasteiger partial charge in [-0.05, 0) is 130 Å². The summed E-state index contributed by atoms with van der Waals surface area (Å²) in [6.07, 6.45) is 5.61. The molecule has 44 heavy (non-hydrogen) atoms. The van der Waals surface area contributed by atoms with E-state index in [9.17, 15) is 0 Å². The molecule has 0 saturated carbocycles. The van der Waals surface area contributed by atoms with Crippen molar-refractivity contribution < 1.29 is 0 Å². The van der Waals surface area contributed by atoms with Crippen LogP contribution in [-0.4, -0.2) is 0 Å². The van der Waals surface area contributed by atoms with E-state index in [-0.39, 0.29) is 0 Å². The largest absolute Gasteiger partial charge is 0.0617 e. The van der Waals surface area contributed by atoms with Crippen LogP contribution in [0.25, 0.3) is 0 Å². The summed E-state index contributed by atoms with van der Waals surface area (Å²) in [5.74, 6) is 0. The van der Waals surface area contributed by atoms with E-state index in [4.69, 9.17) is 0 Å². The third-order valence-corrected chi connectivity index (χ3v) is 9.54. The number of benzene rings is 6. The Morgan fingerprint density at radius 1 is 0.318 bits per heavy atom. The van der Waals surface area contributed by atoms with E-state index in [0.717, 1.165) is 47.5 Å². The molecule has 0 unspecified atom stereocenters. The lowest BCUT2D eigenvalue weighted by atomic mass is 9.90. The van der Waals surface area contributed by atoms with Crippen LogP contribution in [0.3, 0.4) is 0 Å². The van der Waals surface area contributed by atoms with Crippen molar-refractivity contribution in [1.82, 2.24) is 0 Å². The summed E-state index contributed by atoms with van der Waals surface area (Å²) in [6, 6.07) is 50.4. The fourth-order valence-corrected chi connectivity index (χ4v) is 7.14. The second-order valence-corrected chi connectivity index (χ2v) is 14.1. The third kappa shape index (κ3) is 7.49. The summed E-state index contributed by atoms with van der Waals surface area (Å²) < 4.78 is 2.24. The minimum absolute atomic E-state index is 0.934. The highest BCUT2D eigenvalue weighted by Gasteiger charge is 2.10. The summed E-state index contributed by atoms with van der Waals surface area (Å²) in [6.45, 7) is 0. The van der Waals surface area contributed by atoms with Crippen LogP contribution < -0.4 is 0 Å². The Morgan fingerprint density at radius 3 is 0.932 bits per heavy atom. The van der Waals surface area contributed by atoms with Crippen molar-refractivity contribution in [3.8, 4) is 0 Å². The maximum Gasteiger partial charge on any atom is 0.0175 e. The normalized spacial score (nSPS) is 12.6. The third-order valence-electron chi connectivity index (χ3n) is 8.48. The summed E-state index contributed by atoms with van der Waals surface area (Å²) >= 11 is 7.17. The topological polar surface area (TPSA) is 0 Å². The molecule has 1 aliphatic carbocycles. The maximum absolute atomic E-state index is 3.58. The zero-order valence-corrected chi connectivity index (χ0v) is 27.9. The summed E-state index contributed by atoms with van der Waals surface area (Å²) in [7, 11) is 0. The monoisotopic (exact) mass is 696 g/mol. The zero-order valence-electron chi connectivity index (χ0n) is 24.7. The summed E-state index contributed by atoms with van der Waals surface area (Å²) in [4.78, 5) is 0. The molecule has 0 saturated heterocycles. The van der Waals surface area contributed by atoms with Crippen molar-refractivity contribution in [1.29, 1.82) is 0 Å². The van der Waals surface area contributed by atoms with Crippen molar-refractivity contribution in [2.75, 3.05) is 0 Å². The van der Waals surface area contributed by atoms with E-state index in [0.29, 0.717) is 0 Å². The van der Waals surface area contributed by atoms with Gasteiger partial charge in [-0.25, -0.2) is 0 Å². The van der Waals surface area contributed by atoms with E-state index >= 15 is 0 Å². The van der Waals surface area contributed by atoms with Gasteiger partial charge < -0.3 is 0 Å². The minimum atomic E-state index is 0.934. The van der Waals surface area contributed by atoms with E-state index in [2.05, 4.69) is 165 Å². The maximum atomic E-state index is 3.58. The van der Waals surface area contributed by atoms with Crippen molar-refractivity contribution >= 4 is 31.9 Å². The van der Waals surface area contributed by atoms with Gasteiger partial charge in [0.25, 0.3) is 0 Å². The Kier molecular flexibility index (Phi) is 8.64. The van der Waals surface area contributed by atoms with Gasteiger partial charge in [-0.3, -0.25) is 0 Å². The quantitative estimate of drug-likeness (QED) is 0.172. The molecule has 8 bridgehead atoms. The van der Waals surface area contributed by atoms with Gasteiger partial charge >= 0.3 is 0 Å². The van der Waals surface area contributed by atoms with Gasteiger partial charge in [0.1, 0.15) is 0 Å². The van der Waals surface area contributed by atoms with Crippen molar-refractivity contribution in [3.63, 3.8) is 0 Å². The molecular weight excluding hydrogens is 664 g/mol. The lowest BCUT2D eigenvalue weighted by molar-refractivity contribution is 1.06. The van der Waals surface area contributed by atoms with Crippen LogP contribution in [0.5, 0.6) is 0 Å². The molecule has 0 amide bonds. The van der Waals surface area contributed by atoms with Crippen LogP contribution in [0, 0.1) is 0 Å². The van der Waals surface area contributed by atoms with Crippen LogP contribution in [0.1, 0.15) is 66.8 Å². The first-order chi connectivity index (χ1) is 21.5. The van der Waals surface area contributed by atoms with Gasteiger partial charge in [0.2, 0.25) is 0 Å². The molecule has 0 nitrogen and oxygen atoms in total. The average molecular weight is 699 g/mol. The Balaban J connectivity index is 1.27. The Labute approximate surface area is 278 Å². The molecule has 6 aromatic rings. The van der Waals surface area contributed by atoms with Crippen LogP contribution in [0.15, 0.2) is 142 Å². The number of fused-ring (bicyclic) bond motifs is 8. The second kappa shape index (κ2) is 13.1. The highest BCUT2D eigenvalue weighted by atomic mass is 79.9. The Hall–Kier alpha value is -3.72. The van der Waals surface area contributed by atoms with Crippen LogP contribution in [0.2, 0.25) is 0 Å². The van der Waals surface area contributed by atoms with Gasteiger partial charge in [0.15, 0.2) is 0 Å². The fourth-order valence-electron chi connectivity index (χ4n) is 6.61. The number of hydrogen-bond acceptors (Lipinski definition) is 0. The van der Waals surface area contributed by atoms with Gasteiger partial charge in [-0.1, -0.05) is 141 Å². The van der Waals surface area contributed by atoms with Gasteiger partial charge in [-0.15, -0.1) is 0 Å². The van der Waals surface area contributed by atoms with Crippen LogP contribution >= 0.6 is 31.9 Å². The first-order valence-corrected chi connectivity index (χ1v) is 17.0. The van der Waals surface area contributed by atoms with Crippen molar-refractivity contribution in [2.45, 2.75) is 38.5 Å². The van der Waals surface area contributed by atoms with Gasteiger partial charge in [0, 0.05) is 8.95 Å². The molecule has 0 atom stereocenters. The van der Waals surface area contributed by atoms with Gasteiger partial charge in [-0.2, -0.15) is 0 Å². The SMILES string of the molecule is Brc1ccc(Cc2cc3cc(c2)Cc2cccc(c2)Cc2cc(Cc4ccc(Br)cc4)cc(c2)Cc2cccc(c2)C3)cc1. The molecule has 0 aliphatic heterocycles. The fraction of sp³-hybridized carbons (Fsp3) is 0.143. The van der Waals surface area contributed by atoms with E-state index in [1.807, 2.05) is 0 Å². The van der Waals surface area contributed by atoms with E-state index < -0.39 is 0 Å². The molecule has 7 rings (SSSR count). The number of hydrogen-bond donors (Lipinski definition) is 0. The molecule has 0 fully saturated rings. The van der Waals surface area contributed by atoms with E-state index in [1.54, 1.807) is 0 Å². The lowest BCUT2D eigenvalue weighted by Gasteiger charge is -2.15. The Bertz CT molecular complexity index is 1690. The summed E-state index contributed by atoms with van der Waals surface area (Å²) in [5.41, 5.74) is 16.4. The highest BCUT2D eigenvalue weighted by molar-refractivity contribution is 9.10. The molecule has 2 heteroatoms.